The number of rotatable bonds is 9. The molecule has 27 heavy (non-hydrogen) atoms. The number of hydrogen-bond acceptors (Lipinski definition) is 6. The van der Waals surface area contributed by atoms with E-state index in [2.05, 4.69) is 4.72 Å². The minimum Gasteiger partial charge on any atom is -0.548 e. The van der Waals surface area contributed by atoms with Gasteiger partial charge in [-0.1, -0.05) is 26.0 Å². The molecule has 1 N–H and O–H groups in total. The van der Waals surface area contributed by atoms with E-state index < -0.39 is 22.0 Å². The second-order valence-corrected chi connectivity index (χ2v) is 8.06. The van der Waals surface area contributed by atoms with Crippen LogP contribution in [0.2, 0.25) is 0 Å². The number of para-hydroxylation sites is 2. The van der Waals surface area contributed by atoms with E-state index in [1.807, 2.05) is 0 Å². The summed E-state index contributed by atoms with van der Waals surface area (Å²) in [6.45, 7) is 3.60. The van der Waals surface area contributed by atoms with Crippen LogP contribution in [0.25, 0.3) is 0 Å². The summed E-state index contributed by atoms with van der Waals surface area (Å²) in [6.07, 6.45) is 0.135. The number of carbonyl (C=O) groups is 1. The van der Waals surface area contributed by atoms with Crippen LogP contribution < -0.4 is 19.3 Å². The second kappa shape index (κ2) is 8.88. The van der Waals surface area contributed by atoms with Crippen molar-refractivity contribution < 1.29 is 27.8 Å². The molecule has 0 aliphatic heterocycles. The molecule has 8 heteroatoms. The first-order valence-corrected chi connectivity index (χ1v) is 9.85. The van der Waals surface area contributed by atoms with Crippen molar-refractivity contribution >= 4 is 16.0 Å². The Morgan fingerprint density at radius 3 is 2.19 bits per heavy atom. The molecule has 0 aliphatic rings. The first kappa shape index (κ1) is 20.7. The Morgan fingerprint density at radius 2 is 1.67 bits per heavy atom. The van der Waals surface area contributed by atoms with E-state index in [0.717, 1.165) is 0 Å². The summed E-state index contributed by atoms with van der Waals surface area (Å²) in [4.78, 5) is 11.1. The average Bonchev–Trinajstić information content (AvgIpc) is 2.61. The molecule has 2 rings (SSSR count). The molecule has 0 radical (unpaired) electrons. The summed E-state index contributed by atoms with van der Waals surface area (Å²) in [5.74, 6) is -0.0169. The van der Waals surface area contributed by atoms with Gasteiger partial charge in [0.1, 0.15) is 5.75 Å². The SMILES string of the molecule is COc1ccccc1Oc1ccc(S(=O)(=O)N[C@@H](CC(C)C)C(=O)[O-])cc1. The van der Waals surface area contributed by atoms with Gasteiger partial charge in [-0.3, -0.25) is 0 Å². The minimum absolute atomic E-state index is 0.00720. The highest BCUT2D eigenvalue weighted by Crippen LogP contribution is 2.31. The van der Waals surface area contributed by atoms with Gasteiger partial charge in [-0.2, -0.15) is 0 Å². The molecule has 7 nitrogen and oxygen atoms in total. The van der Waals surface area contributed by atoms with Crippen molar-refractivity contribution in [1.82, 2.24) is 4.72 Å². The Hall–Kier alpha value is -2.58. The van der Waals surface area contributed by atoms with Crippen LogP contribution in [0.15, 0.2) is 53.4 Å². The summed E-state index contributed by atoms with van der Waals surface area (Å²) in [6, 6.07) is 11.4. The number of aliphatic carboxylic acids is 1. The van der Waals surface area contributed by atoms with Gasteiger partial charge in [0.05, 0.1) is 24.0 Å². The molecular weight excluding hydrogens is 370 g/mol. The molecule has 0 aromatic heterocycles. The van der Waals surface area contributed by atoms with E-state index in [1.165, 1.54) is 31.4 Å². The van der Waals surface area contributed by atoms with Crippen LogP contribution in [0.4, 0.5) is 0 Å². The lowest BCUT2D eigenvalue weighted by Gasteiger charge is -2.21. The fourth-order valence-electron chi connectivity index (χ4n) is 2.44. The van der Waals surface area contributed by atoms with Gasteiger partial charge < -0.3 is 19.4 Å². The standard InChI is InChI=1S/C19H23NO6S/c1-13(2)12-16(19(21)22)20-27(23,24)15-10-8-14(9-11-15)26-18-7-5-4-6-17(18)25-3/h4-11,13,16,20H,12H2,1-3H3,(H,21,22)/p-1/t16-/m0/s1. The lowest BCUT2D eigenvalue weighted by atomic mass is 10.1. The maximum absolute atomic E-state index is 12.4. The summed E-state index contributed by atoms with van der Waals surface area (Å²) in [7, 11) is -2.48. The Labute approximate surface area is 159 Å². The molecular formula is C19H22NO6S-. The zero-order valence-corrected chi connectivity index (χ0v) is 16.2. The zero-order valence-electron chi connectivity index (χ0n) is 15.3. The molecule has 2 aromatic rings. The van der Waals surface area contributed by atoms with Gasteiger partial charge in [0, 0.05) is 0 Å². The van der Waals surface area contributed by atoms with E-state index >= 15 is 0 Å². The monoisotopic (exact) mass is 392 g/mol. The lowest BCUT2D eigenvalue weighted by Crippen LogP contribution is -2.48. The van der Waals surface area contributed by atoms with E-state index in [0.29, 0.717) is 17.2 Å². The molecule has 0 spiro atoms. The van der Waals surface area contributed by atoms with Gasteiger partial charge in [0.25, 0.3) is 0 Å². The predicted molar refractivity (Wildman–Crippen MR) is 98.1 cm³/mol. The Bertz CT molecular complexity index is 877. The summed E-state index contributed by atoms with van der Waals surface area (Å²) >= 11 is 0. The Balaban J connectivity index is 2.16. The number of nitrogens with one attached hydrogen (secondary N) is 1. The van der Waals surface area contributed by atoms with Crippen molar-refractivity contribution in [2.45, 2.75) is 31.2 Å². The Kier molecular flexibility index (Phi) is 6.81. The first-order chi connectivity index (χ1) is 12.7. The van der Waals surface area contributed by atoms with Gasteiger partial charge in [-0.25, -0.2) is 13.1 Å². The molecule has 2 aromatic carbocycles. The van der Waals surface area contributed by atoms with Crippen LogP contribution in [-0.4, -0.2) is 27.5 Å². The molecule has 0 amide bonds. The van der Waals surface area contributed by atoms with Crippen LogP contribution in [-0.2, 0) is 14.8 Å². The molecule has 0 saturated heterocycles. The predicted octanol–water partition coefficient (Wildman–Crippen LogP) is 1.93. The number of carboxylic acid groups (broad SMARTS) is 1. The van der Waals surface area contributed by atoms with Gasteiger partial charge in [-0.15, -0.1) is 0 Å². The van der Waals surface area contributed by atoms with Crippen molar-refractivity contribution in [3.63, 3.8) is 0 Å². The molecule has 1 atom stereocenters. The average molecular weight is 392 g/mol. The molecule has 0 fully saturated rings. The van der Waals surface area contributed by atoms with Crippen molar-refractivity contribution in [2.24, 2.45) is 5.92 Å². The highest BCUT2D eigenvalue weighted by molar-refractivity contribution is 7.89. The number of hydrogen-bond donors (Lipinski definition) is 1. The molecule has 146 valence electrons. The number of sulfonamides is 1. The smallest absolute Gasteiger partial charge is 0.241 e. The van der Waals surface area contributed by atoms with Gasteiger partial charge in [0.2, 0.25) is 10.0 Å². The van der Waals surface area contributed by atoms with Gasteiger partial charge in [0.15, 0.2) is 11.5 Å². The highest BCUT2D eigenvalue weighted by Gasteiger charge is 2.22. The third-order valence-corrected chi connectivity index (χ3v) is 5.21. The number of carboxylic acids is 1. The lowest BCUT2D eigenvalue weighted by molar-refractivity contribution is -0.308. The third kappa shape index (κ3) is 5.70. The zero-order chi connectivity index (χ0) is 20.0. The van der Waals surface area contributed by atoms with Crippen molar-refractivity contribution in [3.8, 4) is 17.2 Å². The van der Waals surface area contributed by atoms with Gasteiger partial charge in [-0.05, 0) is 48.7 Å². The number of ether oxygens (including phenoxy) is 2. The van der Waals surface area contributed by atoms with E-state index in [-0.39, 0.29) is 17.2 Å². The van der Waals surface area contributed by atoms with Crippen LogP contribution >= 0.6 is 0 Å². The maximum atomic E-state index is 12.4. The largest absolute Gasteiger partial charge is 0.548 e. The van der Waals surface area contributed by atoms with E-state index in [4.69, 9.17) is 9.47 Å². The van der Waals surface area contributed by atoms with Crippen LogP contribution in [0.5, 0.6) is 17.2 Å². The highest BCUT2D eigenvalue weighted by atomic mass is 32.2. The summed E-state index contributed by atoms with van der Waals surface area (Å²) in [5, 5.41) is 11.2. The normalized spacial score (nSPS) is 12.6. The van der Waals surface area contributed by atoms with Gasteiger partial charge >= 0.3 is 0 Å². The topological polar surface area (TPSA) is 105 Å². The molecule has 0 saturated carbocycles. The van der Waals surface area contributed by atoms with Crippen molar-refractivity contribution in [2.75, 3.05) is 7.11 Å². The van der Waals surface area contributed by atoms with Crippen LogP contribution in [0.1, 0.15) is 20.3 Å². The van der Waals surface area contributed by atoms with Crippen LogP contribution in [0, 0.1) is 5.92 Å². The molecule has 0 unspecified atom stereocenters. The molecule has 0 aliphatic carbocycles. The van der Waals surface area contributed by atoms with Crippen molar-refractivity contribution in [1.29, 1.82) is 0 Å². The quantitative estimate of drug-likeness (QED) is 0.699. The minimum atomic E-state index is -4.00. The molecule has 0 bridgehead atoms. The number of carbonyl (C=O) groups excluding carboxylic acids is 1. The fraction of sp³-hybridized carbons (Fsp3) is 0.316. The fourth-order valence-corrected chi connectivity index (χ4v) is 3.63. The summed E-state index contributed by atoms with van der Waals surface area (Å²) < 4.78 is 37.9. The maximum Gasteiger partial charge on any atom is 0.241 e. The van der Waals surface area contributed by atoms with E-state index in [1.54, 1.807) is 38.1 Å². The number of benzene rings is 2. The summed E-state index contributed by atoms with van der Waals surface area (Å²) in [5.41, 5.74) is 0. The molecule has 0 heterocycles. The third-order valence-electron chi connectivity index (χ3n) is 3.72. The first-order valence-electron chi connectivity index (χ1n) is 8.37. The number of methoxy groups -OCH3 is 1. The second-order valence-electron chi connectivity index (χ2n) is 6.35. The van der Waals surface area contributed by atoms with Crippen LogP contribution in [0.3, 0.4) is 0 Å². The van der Waals surface area contributed by atoms with Crippen molar-refractivity contribution in [3.05, 3.63) is 48.5 Å². The van der Waals surface area contributed by atoms with E-state index in [9.17, 15) is 18.3 Å². The Morgan fingerprint density at radius 1 is 1.07 bits per heavy atom.